The molecule has 0 aliphatic carbocycles. The summed E-state index contributed by atoms with van der Waals surface area (Å²) < 4.78 is 0. The van der Waals surface area contributed by atoms with E-state index < -0.39 is 5.91 Å². The number of amides is 1. The number of primary amides is 1. The van der Waals surface area contributed by atoms with Crippen LogP contribution in [0.2, 0.25) is 0 Å². The average molecular weight is 338 g/mol. The Bertz CT molecular complexity index is 755. The van der Waals surface area contributed by atoms with E-state index in [0.29, 0.717) is 18.0 Å². The Kier molecular flexibility index (Phi) is 6.57. The fourth-order valence-corrected chi connectivity index (χ4v) is 2.59. The molecule has 4 N–H and O–H groups in total. The molecule has 0 heterocycles. The molecule has 0 bridgehead atoms. The van der Waals surface area contributed by atoms with Crippen LogP contribution in [0.25, 0.3) is 0 Å². The van der Waals surface area contributed by atoms with Crippen molar-refractivity contribution in [2.75, 3.05) is 13.6 Å². The molecule has 2 rings (SSSR count). The van der Waals surface area contributed by atoms with E-state index >= 15 is 0 Å². The Morgan fingerprint density at radius 3 is 2.60 bits per heavy atom. The van der Waals surface area contributed by atoms with E-state index in [1.54, 1.807) is 19.2 Å². The van der Waals surface area contributed by atoms with Gasteiger partial charge in [0.05, 0.1) is 0 Å². The Balaban J connectivity index is 1.88. The number of nitrogens with zero attached hydrogens (tertiary/aromatic N) is 1. The summed E-state index contributed by atoms with van der Waals surface area (Å²) in [4.78, 5) is 15.5. The van der Waals surface area contributed by atoms with Crippen molar-refractivity contribution in [2.24, 2.45) is 10.7 Å². The predicted octanol–water partition coefficient (Wildman–Crippen LogP) is 2.56. The second-order valence-electron chi connectivity index (χ2n) is 6.19. The van der Waals surface area contributed by atoms with Gasteiger partial charge in [0.15, 0.2) is 5.96 Å². The van der Waals surface area contributed by atoms with E-state index in [1.165, 1.54) is 11.1 Å². The number of rotatable bonds is 6. The number of carbonyl (C=O) groups is 1. The zero-order valence-corrected chi connectivity index (χ0v) is 15.0. The average Bonchev–Trinajstić information content (AvgIpc) is 2.61. The molecule has 25 heavy (non-hydrogen) atoms. The van der Waals surface area contributed by atoms with Crippen LogP contribution in [0, 0.1) is 6.92 Å². The molecule has 0 aliphatic rings. The quantitative estimate of drug-likeness (QED) is 0.559. The van der Waals surface area contributed by atoms with Crippen LogP contribution in [0.15, 0.2) is 53.5 Å². The van der Waals surface area contributed by atoms with Gasteiger partial charge in [0.25, 0.3) is 0 Å². The molecule has 0 saturated heterocycles. The summed E-state index contributed by atoms with van der Waals surface area (Å²) in [5.41, 5.74) is 9.37. The minimum atomic E-state index is -0.420. The monoisotopic (exact) mass is 338 g/mol. The molecule has 0 fully saturated rings. The van der Waals surface area contributed by atoms with Gasteiger partial charge in [0, 0.05) is 25.7 Å². The maximum absolute atomic E-state index is 11.2. The van der Waals surface area contributed by atoms with Gasteiger partial charge in [-0.3, -0.25) is 9.79 Å². The molecule has 1 unspecified atom stereocenters. The standard InChI is InChI=1S/C20H26N4O/c1-14-6-4-8-17(10-14)15(2)12-23-20(22-3)24-13-16-7-5-9-18(11-16)19(21)25/h4-11,15H,12-13H2,1-3H3,(H2,21,25)(H2,22,23,24). The molecule has 0 radical (unpaired) electrons. The highest BCUT2D eigenvalue weighted by Gasteiger charge is 2.07. The van der Waals surface area contributed by atoms with Crippen LogP contribution in [0.3, 0.4) is 0 Å². The molecular formula is C20H26N4O. The van der Waals surface area contributed by atoms with Crippen LogP contribution in [-0.2, 0) is 6.54 Å². The van der Waals surface area contributed by atoms with Gasteiger partial charge in [0.1, 0.15) is 0 Å². The van der Waals surface area contributed by atoms with E-state index in [0.717, 1.165) is 18.1 Å². The molecule has 5 nitrogen and oxygen atoms in total. The minimum absolute atomic E-state index is 0.372. The fourth-order valence-electron chi connectivity index (χ4n) is 2.59. The smallest absolute Gasteiger partial charge is 0.248 e. The largest absolute Gasteiger partial charge is 0.366 e. The maximum atomic E-state index is 11.2. The van der Waals surface area contributed by atoms with Crippen molar-refractivity contribution in [3.8, 4) is 0 Å². The number of hydrogen-bond donors (Lipinski definition) is 3. The van der Waals surface area contributed by atoms with E-state index in [2.05, 4.69) is 53.7 Å². The summed E-state index contributed by atoms with van der Waals surface area (Å²) in [5.74, 6) is 0.678. The SMILES string of the molecule is CN=C(NCc1cccc(C(N)=O)c1)NCC(C)c1cccc(C)c1. The summed E-state index contributed by atoms with van der Waals surface area (Å²) >= 11 is 0. The van der Waals surface area contributed by atoms with E-state index in [9.17, 15) is 4.79 Å². The molecule has 0 saturated carbocycles. The van der Waals surface area contributed by atoms with Crippen LogP contribution >= 0.6 is 0 Å². The van der Waals surface area contributed by atoms with Gasteiger partial charge in [-0.2, -0.15) is 0 Å². The molecular weight excluding hydrogens is 312 g/mol. The first-order chi connectivity index (χ1) is 12.0. The second kappa shape index (κ2) is 8.87. The first kappa shape index (κ1) is 18.5. The topological polar surface area (TPSA) is 79.5 Å². The molecule has 1 amide bonds. The molecule has 0 spiro atoms. The van der Waals surface area contributed by atoms with Gasteiger partial charge >= 0.3 is 0 Å². The minimum Gasteiger partial charge on any atom is -0.366 e. The van der Waals surface area contributed by atoms with Gasteiger partial charge in [-0.1, -0.05) is 48.9 Å². The van der Waals surface area contributed by atoms with Gasteiger partial charge in [-0.25, -0.2) is 0 Å². The van der Waals surface area contributed by atoms with Crippen LogP contribution in [-0.4, -0.2) is 25.5 Å². The van der Waals surface area contributed by atoms with E-state index in [-0.39, 0.29) is 0 Å². The number of aliphatic imine (C=N–C) groups is 1. The number of benzene rings is 2. The predicted molar refractivity (Wildman–Crippen MR) is 103 cm³/mol. The number of guanidine groups is 1. The van der Waals surface area contributed by atoms with Crippen molar-refractivity contribution in [1.82, 2.24) is 10.6 Å². The summed E-state index contributed by atoms with van der Waals surface area (Å²) in [6.45, 7) is 5.64. The summed E-state index contributed by atoms with van der Waals surface area (Å²) in [7, 11) is 1.74. The summed E-state index contributed by atoms with van der Waals surface area (Å²) in [5, 5.41) is 6.60. The number of carbonyl (C=O) groups excluding carboxylic acids is 1. The van der Waals surface area contributed by atoms with Crippen LogP contribution in [0.4, 0.5) is 0 Å². The molecule has 2 aromatic carbocycles. The number of nitrogens with two attached hydrogens (primary N) is 1. The molecule has 132 valence electrons. The van der Waals surface area contributed by atoms with E-state index in [1.807, 2.05) is 12.1 Å². The summed E-state index contributed by atoms with van der Waals surface area (Å²) in [6.07, 6.45) is 0. The van der Waals surface area contributed by atoms with Crippen LogP contribution in [0.1, 0.15) is 39.9 Å². The van der Waals surface area contributed by atoms with Gasteiger partial charge in [-0.15, -0.1) is 0 Å². The lowest BCUT2D eigenvalue weighted by Gasteiger charge is -2.17. The van der Waals surface area contributed by atoms with Crippen molar-refractivity contribution >= 4 is 11.9 Å². The summed E-state index contributed by atoms with van der Waals surface area (Å²) in [6, 6.07) is 15.8. The number of nitrogens with one attached hydrogen (secondary N) is 2. The zero-order valence-electron chi connectivity index (χ0n) is 15.0. The second-order valence-corrected chi connectivity index (χ2v) is 6.19. The zero-order chi connectivity index (χ0) is 18.2. The van der Waals surface area contributed by atoms with Gasteiger partial charge in [0.2, 0.25) is 5.91 Å². The third-order valence-corrected chi connectivity index (χ3v) is 4.08. The Morgan fingerprint density at radius 2 is 1.92 bits per heavy atom. The molecule has 0 aliphatic heterocycles. The molecule has 1 atom stereocenters. The third-order valence-electron chi connectivity index (χ3n) is 4.08. The lowest BCUT2D eigenvalue weighted by Crippen LogP contribution is -2.38. The lowest BCUT2D eigenvalue weighted by molar-refractivity contribution is 0.1000. The molecule has 0 aromatic heterocycles. The maximum Gasteiger partial charge on any atom is 0.248 e. The fraction of sp³-hybridized carbons (Fsp3) is 0.300. The third kappa shape index (κ3) is 5.64. The Labute approximate surface area is 149 Å². The van der Waals surface area contributed by atoms with Gasteiger partial charge < -0.3 is 16.4 Å². The van der Waals surface area contributed by atoms with Gasteiger partial charge in [-0.05, 0) is 36.1 Å². The van der Waals surface area contributed by atoms with Crippen molar-refractivity contribution in [3.63, 3.8) is 0 Å². The highest BCUT2D eigenvalue weighted by atomic mass is 16.1. The van der Waals surface area contributed by atoms with Crippen LogP contribution in [0.5, 0.6) is 0 Å². The number of hydrogen-bond acceptors (Lipinski definition) is 2. The molecule has 5 heteroatoms. The Hall–Kier alpha value is -2.82. The first-order valence-corrected chi connectivity index (χ1v) is 8.39. The lowest BCUT2D eigenvalue weighted by atomic mass is 9.99. The highest BCUT2D eigenvalue weighted by Crippen LogP contribution is 2.15. The van der Waals surface area contributed by atoms with Crippen molar-refractivity contribution < 1.29 is 4.79 Å². The molecule has 2 aromatic rings. The van der Waals surface area contributed by atoms with E-state index in [4.69, 9.17) is 5.73 Å². The van der Waals surface area contributed by atoms with Crippen LogP contribution < -0.4 is 16.4 Å². The Morgan fingerprint density at radius 1 is 1.16 bits per heavy atom. The number of aryl methyl sites for hydroxylation is 1. The highest BCUT2D eigenvalue weighted by molar-refractivity contribution is 5.92. The van der Waals surface area contributed by atoms with Crippen molar-refractivity contribution in [3.05, 3.63) is 70.8 Å². The normalized spacial score (nSPS) is 12.5. The van der Waals surface area contributed by atoms with Crippen molar-refractivity contribution in [1.29, 1.82) is 0 Å². The first-order valence-electron chi connectivity index (χ1n) is 8.39. The van der Waals surface area contributed by atoms with Crippen molar-refractivity contribution in [2.45, 2.75) is 26.3 Å².